The molecule has 6 nitrogen and oxygen atoms in total. The van der Waals surface area contributed by atoms with E-state index in [-0.39, 0.29) is 41.9 Å². The van der Waals surface area contributed by atoms with E-state index in [0.717, 1.165) is 6.20 Å². The molecule has 0 bridgehead atoms. The third kappa shape index (κ3) is 2.83. The van der Waals surface area contributed by atoms with Crippen molar-refractivity contribution in [3.8, 4) is 0 Å². The Morgan fingerprint density at radius 1 is 1.48 bits per heavy atom. The molecule has 116 valence electrons. The van der Waals surface area contributed by atoms with Gasteiger partial charge in [0.1, 0.15) is 6.10 Å². The van der Waals surface area contributed by atoms with Crippen molar-refractivity contribution in [2.24, 2.45) is 5.92 Å². The minimum absolute atomic E-state index is 0.00814. The molecule has 2 fully saturated rings. The van der Waals surface area contributed by atoms with E-state index >= 15 is 0 Å². The average Bonchev–Trinajstić information content (AvgIpc) is 2.88. The fourth-order valence-corrected chi connectivity index (χ4v) is 3.16. The maximum absolute atomic E-state index is 13.7. The van der Waals surface area contributed by atoms with E-state index in [1.807, 2.05) is 13.8 Å². The average molecular weight is 318 g/mol. The summed E-state index contributed by atoms with van der Waals surface area (Å²) < 4.78 is 25.4. The Labute approximate surface area is 126 Å². The Hall–Kier alpha value is -1.02. The summed E-state index contributed by atoms with van der Waals surface area (Å²) in [5, 5.41) is 12.4. The van der Waals surface area contributed by atoms with Crippen molar-refractivity contribution in [3.05, 3.63) is 17.3 Å². The fourth-order valence-electron chi connectivity index (χ4n) is 3.03. The molecule has 0 spiro atoms. The molecule has 1 aliphatic heterocycles. The van der Waals surface area contributed by atoms with E-state index in [1.165, 1.54) is 0 Å². The van der Waals surface area contributed by atoms with Crippen LogP contribution in [0.15, 0.2) is 6.20 Å². The van der Waals surface area contributed by atoms with E-state index in [1.54, 1.807) is 0 Å². The number of fused-ring (bicyclic) bond motifs is 1. The number of aliphatic hydroxyl groups is 1. The van der Waals surface area contributed by atoms with Crippen LogP contribution < -0.4 is 5.32 Å². The zero-order valence-corrected chi connectivity index (χ0v) is 12.5. The van der Waals surface area contributed by atoms with Crippen LogP contribution in [-0.2, 0) is 9.47 Å². The van der Waals surface area contributed by atoms with Gasteiger partial charge in [-0.15, -0.1) is 0 Å². The summed E-state index contributed by atoms with van der Waals surface area (Å²) in [6, 6.07) is -0.214. The van der Waals surface area contributed by atoms with Gasteiger partial charge in [-0.05, 0) is 31.9 Å². The lowest BCUT2D eigenvalue weighted by Gasteiger charge is -2.23. The molecular formula is C13H17ClFN3O3. The van der Waals surface area contributed by atoms with Crippen molar-refractivity contribution in [2.75, 3.05) is 11.9 Å². The number of aliphatic hydroxyl groups excluding tert-OH is 1. The maximum atomic E-state index is 13.7. The van der Waals surface area contributed by atoms with E-state index in [4.69, 9.17) is 21.1 Å². The predicted octanol–water partition coefficient (Wildman–Crippen LogP) is 1.58. The number of nitrogens with zero attached hydrogens (tertiary/aromatic N) is 2. The van der Waals surface area contributed by atoms with Gasteiger partial charge >= 0.3 is 0 Å². The molecule has 1 aromatic rings. The Morgan fingerprint density at radius 2 is 2.19 bits per heavy atom. The van der Waals surface area contributed by atoms with Crippen molar-refractivity contribution >= 4 is 17.4 Å². The van der Waals surface area contributed by atoms with Gasteiger partial charge in [0.25, 0.3) is 0 Å². The molecule has 8 heteroatoms. The first-order valence-corrected chi connectivity index (χ1v) is 7.18. The Morgan fingerprint density at radius 3 is 2.90 bits per heavy atom. The normalized spacial score (nSPS) is 34.0. The van der Waals surface area contributed by atoms with Gasteiger partial charge in [0.15, 0.2) is 17.4 Å². The summed E-state index contributed by atoms with van der Waals surface area (Å²) >= 11 is 5.69. The van der Waals surface area contributed by atoms with Crippen LogP contribution in [0.25, 0.3) is 0 Å². The highest BCUT2D eigenvalue weighted by molar-refractivity contribution is 6.28. The minimum Gasteiger partial charge on any atom is -0.396 e. The molecule has 1 saturated heterocycles. The van der Waals surface area contributed by atoms with Gasteiger partial charge in [-0.25, -0.2) is 9.37 Å². The summed E-state index contributed by atoms with van der Waals surface area (Å²) in [6.07, 6.45) is 1.13. The molecule has 3 rings (SSSR count). The van der Waals surface area contributed by atoms with Crippen molar-refractivity contribution in [1.82, 2.24) is 9.97 Å². The Bertz CT molecular complexity index is 545. The van der Waals surface area contributed by atoms with Crippen LogP contribution in [0.2, 0.25) is 5.28 Å². The van der Waals surface area contributed by atoms with Crippen LogP contribution >= 0.6 is 11.6 Å². The fraction of sp³-hybridized carbons (Fsp3) is 0.692. The van der Waals surface area contributed by atoms with Gasteiger partial charge in [0.05, 0.1) is 18.3 Å². The molecule has 2 N–H and O–H groups in total. The van der Waals surface area contributed by atoms with Crippen LogP contribution in [0.1, 0.15) is 20.3 Å². The standard InChI is InChI=1S/C13H17ClFN3O3/c1-13(2)20-9-6(5-19)3-8(10(9)21-13)17-11-7(15)4-16-12(14)18-11/h4,6,8-10,19H,3,5H2,1-2H3,(H,16,17,18)/t6-,8?,9-,10+/m1/s1. The molecule has 0 aromatic carbocycles. The monoisotopic (exact) mass is 317 g/mol. The lowest BCUT2D eigenvalue weighted by molar-refractivity contribution is -0.158. The number of ether oxygens (including phenoxy) is 2. The maximum Gasteiger partial charge on any atom is 0.224 e. The smallest absolute Gasteiger partial charge is 0.224 e. The second-order valence-corrected chi connectivity index (χ2v) is 6.17. The van der Waals surface area contributed by atoms with Crippen molar-refractivity contribution in [3.63, 3.8) is 0 Å². The third-order valence-corrected chi connectivity index (χ3v) is 4.03. The van der Waals surface area contributed by atoms with Gasteiger partial charge in [0.2, 0.25) is 5.28 Å². The van der Waals surface area contributed by atoms with E-state index in [0.29, 0.717) is 6.42 Å². The number of aromatic nitrogens is 2. The molecule has 0 amide bonds. The molecule has 2 aliphatic rings. The quantitative estimate of drug-likeness (QED) is 0.824. The molecule has 1 aliphatic carbocycles. The van der Waals surface area contributed by atoms with Crippen molar-refractivity contribution in [2.45, 2.75) is 44.3 Å². The van der Waals surface area contributed by atoms with E-state index in [2.05, 4.69) is 15.3 Å². The van der Waals surface area contributed by atoms with Crippen LogP contribution in [0.4, 0.5) is 10.2 Å². The molecule has 0 radical (unpaired) electrons. The van der Waals surface area contributed by atoms with Gasteiger partial charge in [0, 0.05) is 12.5 Å². The zero-order valence-electron chi connectivity index (χ0n) is 11.7. The number of rotatable bonds is 3. The lowest BCUT2D eigenvalue weighted by Crippen LogP contribution is -2.35. The lowest BCUT2D eigenvalue weighted by atomic mass is 10.1. The van der Waals surface area contributed by atoms with Gasteiger partial charge in [-0.3, -0.25) is 0 Å². The van der Waals surface area contributed by atoms with E-state index < -0.39 is 11.6 Å². The molecular weight excluding hydrogens is 301 g/mol. The summed E-state index contributed by atoms with van der Waals surface area (Å²) in [5.74, 6) is -1.33. The van der Waals surface area contributed by atoms with Crippen LogP contribution in [0, 0.1) is 11.7 Å². The predicted molar refractivity (Wildman–Crippen MR) is 73.4 cm³/mol. The van der Waals surface area contributed by atoms with Gasteiger partial charge in [-0.1, -0.05) is 0 Å². The molecule has 4 atom stereocenters. The first kappa shape index (κ1) is 14.9. The first-order valence-electron chi connectivity index (χ1n) is 6.80. The summed E-state index contributed by atoms with van der Waals surface area (Å²) in [7, 11) is 0. The highest BCUT2D eigenvalue weighted by atomic mass is 35.5. The highest BCUT2D eigenvalue weighted by Crippen LogP contribution is 2.42. The third-order valence-electron chi connectivity index (χ3n) is 3.85. The van der Waals surface area contributed by atoms with Crippen LogP contribution in [-0.4, -0.2) is 45.7 Å². The zero-order chi connectivity index (χ0) is 15.2. The number of hydrogen-bond donors (Lipinski definition) is 2. The Balaban J connectivity index is 1.81. The summed E-state index contributed by atoms with van der Waals surface area (Å²) in [5.41, 5.74) is 0. The van der Waals surface area contributed by atoms with Gasteiger partial charge < -0.3 is 19.9 Å². The highest BCUT2D eigenvalue weighted by Gasteiger charge is 2.53. The van der Waals surface area contributed by atoms with E-state index in [9.17, 15) is 9.50 Å². The molecule has 2 heterocycles. The second kappa shape index (κ2) is 5.31. The number of halogens is 2. The second-order valence-electron chi connectivity index (χ2n) is 5.83. The largest absolute Gasteiger partial charge is 0.396 e. The molecule has 1 aromatic heterocycles. The molecule has 21 heavy (non-hydrogen) atoms. The Kier molecular flexibility index (Phi) is 3.77. The van der Waals surface area contributed by atoms with Crippen LogP contribution in [0.5, 0.6) is 0 Å². The van der Waals surface area contributed by atoms with Gasteiger partial charge in [-0.2, -0.15) is 4.98 Å². The van der Waals surface area contributed by atoms with Crippen molar-refractivity contribution in [1.29, 1.82) is 0 Å². The minimum atomic E-state index is -0.717. The molecule has 1 unspecified atom stereocenters. The number of hydrogen-bond acceptors (Lipinski definition) is 6. The SMILES string of the molecule is CC1(C)O[C@@H]2[C@@H](CO)CC(Nc3nc(Cl)ncc3F)[C@@H]2O1. The van der Waals surface area contributed by atoms with Crippen LogP contribution in [0.3, 0.4) is 0 Å². The number of nitrogens with one attached hydrogen (secondary N) is 1. The summed E-state index contributed by atoms with van der Waals surface area (Å²) in [6.45, 7) is 3.63. The number of anilines is 1. The molecule has 1 saturated carbocycles. The topological polar surface area (TPSA) is 76.5 Å². The summed E-state index contributed by atoms with van der Waals surface area (Å²) in [4.78, 5) is 7.42. The first-order chi connectivity index (χ1) is 9.89. The van der Waals surface area contributed by atoms with Crippen molar-refractivity contribution < 1.29 is 19.0 Å².